The molecule has 3 rings (SSSR count). The number of halogens is 3. The van der Waals surface area contributed by atoms with E-state index in [2.05, 4.69) is 15.1 Å². The number of aryl methyl sites for hydroxylation is 3. The predicted octanol–water partition coefficient (Wildman–Crippen LogP) is 2.42. The highest BCUT2D eigenvalue weighted by Gasteiger charge is 2.33. The highest BCUT2D eigenvalue weighted by Crippen LogP contribution is 2.32. The standard InChI is InChI=1S/C17H19F3N6O3S2/c1-9-14(10(2)25(4)23-9)26(31(5,28)29)13(27)8-30-16-22-12-6-11(17(18,19)20)7-21-15(12)24(16)3/h6-7H,8H2,1-5H3. The Labute approximate surface area is 180 Å². The molecule has 14 heteroatoms. The highest BCUT2D eigenvalue weighted by atomic mass is 32.2. The summed E-state index contributed by atoms with van der Waals surface area (Å²) in [5.41, 5.74) is 0.338. The second kappa shape index (κ2) is 7.82. The summed E-state index contributed by atoms with van der Waals surface area (Å²) >= 11 is 0.900. The minimum absolute atomic E-state index is 0.0196. The molecule has 0 saturated carbocycles. The van der Waals surface area contributed by atoms with Crippen LogP contribution in [0, 0.1) is 13.8 Å². The number of carbonyl (C=O) groups is 1. The van der Waals surface area contributed by atoms with Gasteiger partial charge in [0.2, 0.25) is 10.0 Å². The van der Waals surface area contributed by atoms with E-state index in [9.17, 15) is 26.4 Å². The fourth-order valence-electron chi connectivity index (χ4n) is 3.06. The molecule has 3 aromatic heterocycles. The lowest BCUT2D eigenvalue weighted by Crippen LogP contribution is -2.38. The Balaban J connectivity index is 1.91. The number of hydrogen-bond donors (Lipinski definition) is 0. The van der Waals surface area contributed by atoms with E-state index < -0.39 is 27.7 Å². The third-order valence-corrected chi connectivity index (χ3v) is 6.62. The monoisotopic (exact) mass is 476 g/mol. The fraction of sp³-hybridized carbons (Fsp3) is 0.412. The average molecular weight is 477 g/mol. The van der Waals surface area contributed by atoms with Gasteiger partial charge in [0.1, 0.15) is 11.2 Å². The molecule has 0 aliphatic rings. The van der Waals surface area contributed by atoms with Gasteiger partial charge in [-0.3, -0.25) is 9.48 Å². The molecule has 3 aromatic rings. The normalized spacial score (nSPS) is 12.5. The summed E-state index contributed by atoms with van der Waals surface area (Å²) in [5.74, 6) is -1.05. The number of imidazole rings is 1. The summed E-state index contributed by atoms with van der Waals surface area (Å²) in [4.78, 5) is 20.8. The van der Waals surface area contributed by atoms with Crippen LogP contribution < -0.4 is 4.31 Å². The Morgan fingerprint density at radius 2 is 1.90 bits per heavy atom. The Morgan fingerprint density at radius 1 is 1.26 bits per heavy atom. The first-order valence-corrected chi connectivity index (χ1v) is 11.6. The summed E-state index contributed by atoms with van der Waals surface area (Å²) in [6.07, 6.45) is -2.93. The van der Waals surface area contributed by atoms with Crippen LogP contribution in [-0.4, -0.2) is 50.6 Å². The van der Waals surface area contributed by atoms with Crippen LogP contribution in [-0.2, 0) is 35.1 Å². The van der Waals surface area contributed by atoms with E-state index >= 15 is 0 Å². The number of fused-ring (bicyclic) bond motifs is 1. The molecule has 0 aromatic carbocycles. The van der Waals surface area contributed by atoms with Crippen LogP contribution in [0.4, 0.5) is 18.9 Å². The highest BCUT2D eigenvalue weighted by molar-refractivity contribution is 8.00. The molecular weight excluding hydrogens is 457 g/mol. The lowest BCUT2D eigenvalue weighted by atomic mass is 10.2. The van der Waals surface area contributed by atoms with Gasteiger partial charge in [0.05, 0.1) is 29.0 Å². The van der Waals surface area contributed by atoms with E-state index in [1.54, 1.807) is 27.9 Å². The van der Waals surface area contributed by atoms with E-state index in [0.717, 1.165) is 24.1 Å². The molecule has 0 radical (unpaired) electrons. The molecule has 9 nitrogen and oxygen atoms in total. The van der Waals surface area contributed by atoms with Crippen LogP contribution in [0.15, 0.2) is 17.4 Å². The number of sulfonamides is 1. The number of anilines is 1. The molecule has 0 N–H and O–H groups in total. The number of amides is 1. The van der Waals surface area contributed by atoms with Gasteiger partial charge in [0.25, 0.3) is 5.91 Å². The van der Waals surface area contributed by atoms with E-state index in [1.165, 1.54) is 9.25 Å². The number of thioether (sulfide) groups is 1. The zero-order valence-corrected chi connectivity index (χ0v) is 18.9. The second-order valence-electron chi connectivity index (χ2n) is 6.87. The Bertz CT molecular complexity index is 1280. The van der Waals surface area contributed by atoms with Gasteiger partial charge in [-0.2, -0.15) is 18.3 Å². The maximum absolute atomic E-state index is 12.9. The van der Waals surface area contributed by atoms with Gasteiger partial charge in [0, 0.05) is 20.3 Å². The fourth-order valence-corrected chi connectivity index (χ4v) is 4.99. The van der Waals surface area contributed by atoms with Crippen LogP contribution in [0.1, 0.15) is 17.0 Å². The minimum atomic E-state index is -4.56. The van der Waals surface area contributed by atoms with Crippen molar-refractivity contribution in [2.45, 2.75) is 25.2 Å². The van der Waals surface area contributed by atoms with Crippen molar-refractivity contribution in [3.8, 4) is 0 Å². The summed E-state index contributed by atoms with van der Waals surface area (Å²) in [6, 6.07) is 0.874. The van der Waals surface area contributed by atoms with E-state index in [-0.39, 0.29) is 27.8 Å². The zero-order valence-electron chi connectivity index (χ0n) is 17.2. The Kier molecular flexibility index (Phi) is 5.82. The Hall–Kier alpha value is -2.61. The third kappa shape index (κ3) is 4.39. The number of pyridine rings is 1. The number of nitrogens with zero attached hydrogens (tertiary/aromatic N) is 6. The lowest BCUT2D eigenvalue weighted by Gasteiger charge is -2.20. The third-order valence-electron chi connectivity index (χ3n) is 4.55. The molecule has 0 atom stereocenters. The van der Waals surface area contributed by atoms with Crippen molar-refractivity contribution in [3.05, 3.63) is 29.2 Å². The van der Waals surface area contributed by atoms with Crippen molar-refractivity contribution in [2.75, 3.05) is 16.3 Å². The topological polar surface area (TPSA) is 103 Å². The molecule has 3 heterocycles. The van der Waals surface area contributed by atoms with Crippen LogP contribution in [0.3, 0.4) is 0 Å². The van der Waals surface area contributed by atoms with Gasteiger partial charge in [-0.1, -0.05) is 11.8 Å². The van der Waals surface area contributed by atoms with Gasteiger partial charge in [-0.25, -0.2) is 22.7 Å². The number of hydrogen-bond acceptors (Lipinski definition) is 7. The van der Waals surface area contributed by atoms with Gasteiger partial charge in [-0.15, -0.1) is 0 Å². The van der Waals surface area contributed by atoms with Crippen LogP contribution in [0.25, 0.3) is 11.2 Å². The first-order chi connectivity index (χ1) is 14.2. The van der Waals surface area contributed by atoms with Crippen molar-refractivity contribution in [1.29, 1.82) is 0 Å². The van der Waals surface area contributed by atoms with Gasteiger partial charge in [-0.05, 0) is 19.9 Å². The molecule has 0 saturated heterocycles. The first kappa shape index (κ1) is 23.1. The van der Waals surface area contributed by atoms with E-state index in [1.807, 2.05) is 0 Å². The van der Waals surface area contributed by atoms with Crippen LogP contribution >= 0.6 is 11.8 Å². The predicted molar refractivity (Wildman–Crippen MR) is 109 cm³/mol. The molecule has 168 valence electrons. The molecule has 0 aliphatic carbocycles. The van der Waals surface area contributed by atoms with Crippen molar-refractivity contribution in [3.63, 3.8) is 0 Å². The van der Waals surface area contributed by atoms with Gasteiger partial charge >= 0.3 is 6.18 Å². The summed E-state index contributed by atoms with van der Waals surface area (Å²) in [6.45, 7) is 3.24. The summed E-state index contributed by atoms with van der Waals surface area (Å²) in [7, 11) is -0.778. The van der Waals surface area contributed by atoms with Crippen LogP contribution in [0.2, 0.25) is 0 Å². The Morgan fingerprint density at radius 3 is 2.42 bits per heavy atom. The molecule has 0 spiro atoms. The van der Waals surface area contributed by atoms with E-state index in [0.29, 0.717) is 21.9 Å². The number of aromatic nitrogens is 5. The minimum Gasteiger partial charge on any atom is -0.307 e. The maximum Gasteiger partial charge on any atom is 0.417 e. The zero-order chi connectivity index (χ0) is 23.3. The maximum atomic E-state index is 12.9. The summed E-state index contributed by atoms with van der Waals surface area (Å²) in [5, 5.41) is 4.38. The molecule has 0 unspecified atom stereocenters. The average Bonchev–Trinajstić information content (AvgIpc) is 3.08. The molecule has 1 amide bonds. The van der Waals surface area contributed by atoms with Crippen molar-refractivity contribution < 1.29 is 26.4 Å². The van der Waals surface area contributed by atoms with Gasteiger partial charge < -0.3 is 4.57 Å². The van der Waals surface area contributed by atoms with Gasteiger partial charge in [0.15, 0.2) is 10.8 Å². The smallest absolute Gasteiger partial charge is 0.307 e. The quantitative estimate of drug-likeness (QED) is 0.521. The van der Waals surface area contributed by atoms with Crippen LogP contribution in [0.5, 0.6) is 0 Å². The molecule has 0 aliphatic heterocycles. The summed E-state index contributed by atoms with van der Waals surface area (Å²) < 4.78 is 67.1. The number of alkyl halides is 3. The lowest BCUT2D eigenvalue weighted by molar-refractivity contribution is -0.137. The largest absolute Gasteiger partial charge is 0.417 e. The second-order valence-corrected chi connectivity index (χ2v) is 9.64. The number of carbonyl (C=O) groups excluding carboxylic acids is 1. The molecule has 0 bridgehead atoms. The van der Waals surface area contributed by atoms with Crippen molar-refractivity contribution >= 4 is 44.5 Å². The van der Waals surface area contributed by atoms with Crippen molar-refractivity contribution in [1.82, 2.24) is 24.3 Å². The molecule has 0 fully saturated rings. The van der Waals surface area contributed by atoms with E-state index in [4.69, 9.17) is 0 Å². The number of rotatable bonds is 5. The van der Waals surface area contributed by atoms with Crippen molar-refractivity contribution in [2.24, 2.45) is 14.1 Å². The first-order valence-electron chi connectivity index (χ1n) is 8.77. The SMILES string of the molecule is Cc1nn(C)c(C)c1N(C(=O)CSc1nc2cc(C(F)(F)F)cnc2n1C)S(C)(=O)=O. The molecule has 31 heavy (non-hydrogen) atoms. The molecular formula is C17H19F3N6O3S2.